The topological polar surface area (TPSA) is 94.0 Å². The first-order chi connectivity index (χ1) is 7.01. The summed E-state index contributed by atoms with van der Waals surface area (Å²) in [5.74, 6) is -0.0690. The molecular formula is C9H16N4O2. The Hall–Kier alpha value is -1.43. The van der Waals surface area contributed by atoms with Gasteiger partial charge in [-0.25, -0.2) is 0 Å². The zero-order valence-electron chi connectivity index (χ0n) is 9.20. The lowest BCUT2D eigenvalue weighted by Gasteiger charge is -2.17. The molecule has 0 radical (unpaired) electrons. The van der Waals surface area contributed by atoms with Crippen molar-refractivity contribution >= 4 is 5.91 Å². The molecule has 1 rings (SSSR count). The molecule has 0 aromatic carbocycles. The molecule has 6 nitrogen and oxygen atoms in total. The second-order valence-corrected chi connectivity index (χ2v) is 3.67. The largest absolute Gasteiger partial charge is 0.352 e. The number of nitrogens with two attached hydrogens (primary N) is 1. The minimum Gasteiger partial charge on any atom is -0.352 e. The van der Waals surface area contributed by atoms with E-state index in [1.807, 2.05) is 6.92 Å². The summed E-state index contributed by atoms with van der Waals surface area (Å²) in [5, 5.41) is 5.97. The third-order valence-electron chi connectivity index (χ3n) is 2.11. The van der Waals surface area contributed by atoms with Crippen LogP contribution in [0.1, 0.15) is 43.2 Å². The maximum absolute atomic E-state index is 11.2. The molecule has 0 spiro atoms. The van der Waals surface area contributed by atoms with E-state index in [0.717, 1.165) is 12.8 Å². The number of carbonyl (C=O) groups is 1. The van der Waals surface area contributed by atoms with Crippen molar-refractivity contribution in [3.63, 3.8) is 0 Å². The third-order valence-corrected chi connectivity index (χ3v) is 2.11. The molecule has 0 saturated carbocycles. The highest BCUT2D eigenvalue weighted by Gasteiger charge is 2.28. The number of nitrogens with one attached hydrogen (secondary N) is 1. The lowest BCUT2D eigenvalue weighted by atomic mass is 9.98. The van der Waals surface area contributed by atoms with E-state index >= 15 is 0 Å². The van der Waals surface area contributed by atoms with Crippen molar-refractivity contribution in [2.75, 3.05) is 7.05 Å². The van der Waals surface area contributed by atoms with E-state index in [-0.39, 0.29) is 11.7 Å². The zero-order valence-corrected chi connectivity index (χ0v) is 9.20. The van der Waals surface area contributed by atoms with Gasteiger partial charge in [-0.2, -0.15) is 4.98 Å². The molecule has 0 saturated heterocycles. The van der Waals surface area contributed by atoms with E-state index in [0.29, 0.717) is 5.89 Å². The van der Waals surface area contributed by atoms with Crippen LogP contribution in [-0.2, 0) is 5.54 Å². The maximum Gasteiger partial charge on any atom is 0.292 e. The molecule has 1 aromatic rings. The normalized spacial score (nSPS) is 14.7. The molecule has 1 heterocycles. The van der Waals surface area contributed by atoms with Crippen LogP contribution in [0.15, 0.2) is 4.52 Å². The van der Waals surface area contributed by atoms with Crippen molar-refractivity contribution in [1.82, 2.24) is 15.5 Å². The second kappa shape index (κ2) is 4.39. The van der Waals surface area contributed by atoms with Crippen molar-refractivity contribution in [2.45, 2.75) is 32.2 Å². The van der Waals surface area contributed by atoms with Crippen LogP contribution in [0.25, 0.3) is 0 Å². The van der Waals surface area contributed by atoms with Gasteiger partial charge >= 0.3 is 0 Å². The Bertz CT molecular complexity index is 346. The minimum atomic E-state index is -0.673. The average Bonchev–Trinajstić information content (AvgIpc) is 2.66. The number of carbonyl (C=O) groups excluding carboxylic acids is 1. The van der Waals surface area contributed by atoms with E-state index in [4.69, 9.17) is 10.3 Å². The van der Waals surface area contributed by atoms with Crippen molar-refractivity contribution in [3.05, 3.63) is 11.7 Å². The van der Waals surface area contributed by atoms with Crippen LogP contribution >= 0.6 is 0 Å². The van der Waals surface area contributed by atoms with Gasteiger partial charge in [0.05, 0.1) is 5.54 Å². The molecule has 0 aliphatic carbocycles. The molecule has 0 fully saturated rings. The van der Waals surface area contributed by atoms with Crippen molar-refractivity contribution in [1.29, 1.82) is 0 Å². The molecule has 15 heavy (non-hydrogen) atoms. The number of hydrogen-bond donors (Lipinski definition) is 2. The molecule has 0 aliphatic heterocycles. The molecule has 1 atom stereocenters. The summed E-state index contributed by atoms with van der Waals surface area (Å²) in [6, 6.07) is 0. The summed E-state index contributed by atoms with van der Waals surface area (Å²) in [4.78, 5) is 15.1. The summed E-state index contributed by atoms with van der Waals surface area (Å²) in [7, 11) is 1.51. The predicted molar refractivity (Wildman–Crippen MR) is 54.1 cm³/mol. The van der Waals surface area contributed by atoms with Crippen molar-refractivity contribution < 1.29 is 9.32 Å². The summed E-state index contributed by atoms with van der Waals surface area (Å²) in [6.45, 7) is 3.82. The molecule has 84 valence electrons. The first-order valence-corrected chi connectivity index (χ1v) is 4.86. The van der Waals surface area contributed by atoms with E-state index in [1.54, 1.807) is 6.92 Å². The number of amides is 1. The first kappa shape index (κ1) is 11.6. The summed E-state index contributed by atoms with van der Waals surface area (Å²) >= 11 is 0. The quantitative estimate of drug-likeness (QED) is 0.753. The van der Waals surface area contributed by atoms with Crippen LogP contribution < -0.4 is 11.1 Å². The number of rotatable bonds is 4. The van der Waals surface area contributed by atoms with Crippen LogP contribution in [-0.4, -0.2) is 23.1 Å². The van der Waals surface area contributed by atoms with Crippen LogP contribution in [0.2, 0.25) is 0 Å². The predicted octanol–water partition coefficient (Wildman–Crippen LogP) is 0.403. The smallest absolute Gasteiger partial charge is 0.292 e. The Morgan fingerprint density at radius 2 is 2.33 bits per heavy atom. The number of nitrogens with zero attached hydrogens (tertiary/aromatic N) is 2. The monoisotopic (exact) mass is 212 g/mol. The van der Waals surface area contributed by atoms with E-state index in [1.165, 1.54) is 7.05 Å². The lowest BCUT2D eigenvalue weighted by Crippen LogP contribution is -2.33. The van der Waals surface area contributed by atoms with Gasteiger partial charge in [-0.1, -0.05) is 18.5 Å². The zero-order chi connectivity index (χ0) is 11.5. The molecule has 1 aromatic heterocycles. The Labute approximate surface area is 88.2 Å². The molecule has 1 amide bonds. The standard InChI is InChI=1S/C9H16N4O2/c1-4-5-9(2,10)8-12-6(13-15-8)7(14)11-3/h4-5,10H2,1-3H3,(H,11,14). The Kier molecular flexibility index (Phi) is 3.41. The fourth-order valence-electron chi connectivity index (χ4n) is 1.29. The number of aromatic nitrogens is 2. The van der Waals surface area contributed by atoms with E-state index in [9.17, 15) is 4.79 Å². The molecule has 0 bridgehead atoms. The molecule has 6 heteroatoms. The van der Waals surface area contributed by atoms with Gasteiger partial charge in [0.25, 0.3) is 11.7 Å². The van der Waals surface area contributed by atoms with Gasteiger partial charge in [0.1, 0.15) is 0 Å². The van der Waals surface area contributed by atoms with Gasteiger partial charge in [0.2, 0.25) is 5.89 Å². The van der Waals surface area contributed by atoms with Crippen LogP contribution in [0.5, 0.6) is 0 Å². The lowest BCUT2D eigenvalue weighted by molar-refractivity contribution is 0.0950. The first-order valence-electron chi connectivity index (χ1n) is 4.86. The van der Waals surface area contributed by atoms with Gasteiger partial charge in [-0.15, -0.1) is 0 Å². The number of hydrogen-bond acceptors (Lipinski definition) is 5. The summed E-state index contributed by atoms with van der Waals surface area (Å²) in [6.07, 6.45) is 1.63. The summed E-state index contributed by atoms with van der Waals surface area (Å²) in [5.41, 5.74) is 5.30. The molecular weight excluding hydrogens is 196 g/mol. The Morgan fingerprint density at radius 1 is 1.67 bits per heavy atom. The molecule has 0 aliphatic rings. The maximum atomic E-state index is 11.2. The van der Waals surface area contributed by atoms with E-state index in [2.05, 4.69) is 15.5 Å². The Balaban J connectivity index is 2.88. The van der Waals surface area contributed by atoms with E-state index < -0.39 is 5.54 Å². The fraction of sp³-hybridized carbons (Fsp3) is 0.667. The van der Waals surface area contributed by atoms with Crippen LogP contribution in [0, 0.1) is 0 Å². The highest BCUT2D eigenvalue weighted by atomic mass is 16.5. The van der Waals surface area contributed by atoms with Crippen molar-refractivity contribution in [2.24, 2.45) is 5.73 Å². The Morgan fingerprint density at radius 3 is 2.87 bits per heavy atom. The second-order valence-electron chi connectivity index (χ2n) is 3.67. The van der Waals surface area contributed by atoms with Gasteiger partial charge in [-0.05, 0) is 13.3 Å². The summed E-state index contributed by atoms with van der Waals surface area (Å²) < 4.78 is 4.96. The molecule has 1 unspecified atom stereocenters. The van der Waals surface area contributed by atoms with Gasteiger partial charge in [0.15, 0.2) is 0 Å². The van der Waals surface area contributed by atoms with Gasteiger partial charge in [-0.3, -0.25) is 4.79 Å². The minimum absolute atomic E-state index is 0.0141. The highest BCUT2D eigenvalue weighted by molar-refractivity contribution is 5.89. The highest BCUT2D eigenvalue weighted by Crippen LogP contribution is 2.20. The molecule has 3 N–H and O–H groups in total. The fourth-order valence-corrected chi connectivity index (χ4v) is 1.29. The van der Waals surface area contributed by atoms with Crippen LogP contribution in [0.3, 0.4) is 0 Å². The van der Waals surface area contributed by atoms with Crippen LogP contribution in [0.4, 0.5) is 0 Å². The SMILES string of the molecule is CCCC(C)(N)c1nc(C(=O)NC)no1. The van der Waals surface area contributed by atoms with Gasteiger partial charge in [0, 0.05) is 7.05 Å². The van der Waals surface area contributed by atoms with Gasteiger partial charge < -0.3 is 15.6 Å². The third kappa shape index (κ3) is 2.53. The average molecular weight is 212 g/mol. The van der Waals surface area contributed by atoms with Crippen molar-refractivity contribution in [3.8, 4) is 0 Å².